The number of hydrogen-bond acceptors (Lipinski definition) is 3. The Bertz CT molecular complexity index is 542. The van der Waals surface area contributed by atoms with Gasteiger partial charge in [-0.3, -0.25) is 4.79 Å². The van der Waals surface area contributed by atoms with E-state index >= 15 is 0 Å². The van der Waals surface area contributed by atoms with E-state index in [-0.39, 0.29) is 5.78 Å². The zero-order valence-electron chi connectivity index (χ0n) is 10.5. The van der Waals surface area contributed by atoms with Crippen LogP contribution in [0.4, 0.5) is 0 Å². The van der Waals surface area contributed by atoms with E-state index in [1.54, 1.807) is 11.3 Å². The third-order valence-electron chi connectivity index (χ3n) is 2.88. The van der Waals surface area contributed by atoms with Crippen molar-refractivity contribution in [2.45, 2.75) is 13.3 Å². The van der Waals surface area contributed by atoms with Gasteiger partial charge in [0.2, 0.25) is 0 Å². The standard InChI is InChI=1S/C14H17NOS/c1-10-11-6-4-5-7-13(11)17-14(10)12(16)8-9-15(2)3/h4-7H,8-9H2,1-3H3. The molecule has 0 aliphatic carbocycles. The minimum Gasteiger partial charge on any atom is -0.309 e. The highest BCUT2D eigenvalue weighted by molar-refractivity contribution is 7.21. The van der Waals surface area contributed by atoms with Crippen LogP contribution in [0.15, 0.2) is 24.3 Å². The van der Waals surface area contributed by atoms with Gasteiger partial charge in [-0.1, -0.05) is 18.2 Å². The van der Waals surface area contributed by atoms with E-state index in [2.05, 4.69) is 12.1 Å². The Labute approximate surface area is 106 Å². The normalized spacial score (nSPS) is 11.3. The van der Waals surface area contributed by atoms with Crippen LogP contribution in [0.3, 0.4) is 0 Å². The molecular weight excluding hydrogens is 230 g/mol. The van der Waals surface area contributed by atoms with Crippen molar-refractivity contribution in [2.24, 2.45) is 0 Å². The highest BCUT2D eigenvalue weighted by atomic mass is 32.1. The van der Waals surface area contributed by atoms with Crippen LogP contribution >= 0.6 is 11.3 Å². The average Bonchev–Trinajstić information content (AvgIpc) is 2.64. The first-order valence-electron chi connectivity index (χ1n) is 5.75. The molecular formula is C14H17NOS. The smallest absolute Gasteiger partial charge is 0.174 e. The van der Waals surface area contributed by atoms with Crippen molar-refractivity contribution < 1.29 is 4.79 Å². The number of thiophene rings is 1. The second kappa shape index (κ2) is 4.98. The molecule has 0 N–H and O–H groups in total. The second-order valence-corrected chi connectivity index (χ2v) is 5.58. The topological polar surface area (TPSA) is 20.3 Å². The number of carbonyl (C=O) groups excluding carboxylic acids is 1. The lowest BCUT2D eigenvalue weighted by atomic mass is 10.1. The zero-order chi connectivity index (χ0) is 12.4. The van der Waals surface area contributed by atoms with Gasteiger partial charge in [-0.15, -0.1) is 11.3 Å². The fourth-order valence-corrected chi connectivity index (χ4v) is 3.06. The van der Waals surface area contributed by atoms with Gasteiger partial charge in [0.1, 0.15) is 0 Å². The number of benzene rings is 1. The lowest BCUT2D eigenvalue weighted by molar-refractivity contribution is 0.0976. The second-order valence-electron chi connectivity index (χ2n) is 4.53. The molecule has 0 unspecified atom stereocenters. The van der Waals surface area contributed by atoms with Crippen LogP contribution in [0.1, 0.15) is 21.7 Å². The van der Waals surface area contributed by atoms with E-state index in [0.717, 1.165) is 17.0 Å². The van der Waals surface area contributed by atoms with E-state index in [0.29, 0.717) is 6.42 Å². The number of aryl methyl sites for hydroxylation is 1. The molecule has 1 aromatic carbocycles. The van der Waals surface area contributed by atoms with Gasteiger partial charge in [-0.05, 0) is 38.0 Å². The maximum atomic E-state index is 12.1. The minimum absolute atomic E-state index is 0.261. The van der Waals surface area contributed by atoms with Gasteiger partial charge in [-0.25, -0.2) is 0 Å². The van der Waals surface area contributed by atoms with Gasteiger partial charge in [0, 0.05) is 17.7 Å². The molecule has 0 radical (unpaired) electrons. The van der Waals surface area contributed by atoms with Crippen LogP contribution in [-0.2, 0) is 0 Å². The lowest BCUT2D eigenvalue weighted by Gasteiger charge is -2.07. The van der Waals surface area contributed by atoms with Crippen molar-refractivity contribution in [1.29, 1.82) is 0 Å². The number of rotatable bonds is 4. The summed E-state index contributed by atoms with van der Waals surface area (Å²) in [6, 6.07) is 8.21. The summed E-state index contributed by atoms with van der Waals surface area (Å²) in [7, 11) is 3.98. The Hall–Kier alpha value is -1.19. The highest BCUT2D eigenvalue weighted by Crippen LogP contribution is 2.31. The van der Waals surface area contributed by atoms with Crippen LogP contribution in [0, 0.1) is 6.92 Å². The molecule has 0 aliphatic heterocycles. The third kappa shape index (κ3) is 2.56. The minimum atomic E-state index is 0.261. The molecule has 0 spiro atoms. The summed E-state index contributed by atoms with van der Waals surface area (Å²) in [5, 5.41) is 1.21. The fraction of sp³-hybridized carbons (Fsp3) is 0.357. The number of nitrogens with zero attached hydrogens (tertiary/aromatic N) is 1. The molecule has 1 heterocycles. The molecule has 0 atom stereocenters. The summed E-state index contributed by atoms with van der Waals surface area (Å²) in [6.07, 6.45) is 0.598. The first-order valence-corrected chi connectivity index (χ1v) is 6.57. The van der Waals surface area contributed by atoms with E-state index in [9.17, 15) is 4.79 Å². The number of hydrogen-bond donors (Lipinski definition) is 0. The SMILES string of the molecule is Cc1c(C(=O)CCN(C)C)sc2ccccc12. The molecule has 2 aromatic rings. The zero-order valence-corrected chi connectivity index (χ0v) is 11.3. The highest BCUT2D eigenvalue weighted by Gasteiger charge is 2.14. The van der Waals surface area contributed by atoms with Gasteiger partial charge in [0.05, 0.1) is 4.88 Å². The van der Waals surface area contributed by atoms with Gasteiger partial charge in [0.25, 0.3) is 0 Å². The molecule has 0 bridgehead atoms. The van der Waals surface area contributed by atoms with Crippen molar-refractivity contribution in [2.75, 3.05) is 20.6 Å². The Morgan fingerprint density at radius 3 is 2.65 bits per heavy atom. The molecule has 0 amide bonds. The van der Waals surface area contributed by atoms with Crippen molar-refractivity contribution in [3.63, 3.8) is 0 Å². The Morgan fingerprint density at radius 2 is 2.00 bits per heavy atom. The van der Waals surface area contributed by atoms with Gasteiger partial charge in [0.15, 0.2) is 5.78 Å². The van der Waals surface area contributed by atoms with Gasteiger partial charge >= 0.3 is 0 Å². The summed E-state index contributed by atoms with van der Waals surface area (Å²) in [5.41, 5.74) is 1.13. The first-order chi connectivity index (χ1) is 8.09. The quantitative estimate of drug-likeness (QED) is 0.772. The lowest BCUT2D eigenvalue weighted by Crippen LogP contribution is -2.16. The molecule has 90 valence electrons. The number of Topliss-reactive ketones (excluding diaryl/α,β-unsaturated/α-hetero) is 1. The predicted octanol–water partition coefficient (Wildman–Crippen LogP) is 3.34. The number of ketones is 1. The maximum absolute atomic E-state index is 12.1. The van der Waals surface area contributed by atoms with E-state index in [1.165, 1.54) is 10.1 Å². The summed E-state index contributed by atoms with van der Waals surface area (Å²) < 4.78 is 1.21. The predicted molar refractivity (Wildman–Crippen MR) is 74.1 cm³/mol. The van der Waals surface area contributed by atoms with Crippen LogP contribution < -0.4 is 0 Å². The van der Waals surface area contributed by atoms with Crippen molar-refractivity contribution in [3.05, 3.63) is 34.7 Å². The average molecular weight is 247 g/mol. The Morgan fingerprint density at radius 1 is 1.29 bits per heavy atom. The molecule has 17 heavy (non-hydrogen) atoms. The largest absolute Gasteiger partial charge is 0.309 e. The third-order valence-corrected chi connectivity index (χ3v) is 4.20. The van der Waals surface area contributed by atoms with E-state index < -0.39 is 0 Å². The number of fused-ring (bicyclic) bond motifs is 1. The summed E-state index contributed by atoms with van der Waals surface area (Å²) >= 11 is 1.62. The Balaban J connectivity index is 2.29. The molecule has 0 saturated carbocycles. The molecule has 3 heteroatoms. The van der Waals surface area contributed by atoms with Crippen molar-refractivity contribution in [1.82, 2.24) is 4.90 Å². The van der Waals surface area contributed by atoms with E-state index in [1.807, 2.05) is 38.1 Å². The van der Waals surface area contributed by atoms with E-state index in [4.69, 9.17) is 0 Å². The summed E-state index contributed by atoms with van der Waals surface area (Å²) in [5.74, 6) is 0.261. The van der Waals surface area contributed by atoms with Crippen LogP contribution in [-0.4, -0.2) is 31.3 Å². The van der Waals surface area contributed by atoms with Gasteiger partial charge < -0.3 is 4.90 Å². The van der Waals surface area contributed by atoms with Crippen LogP contribution in [0.5, 0.6) is 0 Å². The van der Waals surface area contributed by atoms with Crippen LogP contribution in [0.25, 0.3) is 10.1 Å². The van der Waals surface area contributed by atoms with Gasteiger partial charge in [-0.2, -0.15) is 0 Å². The van der Waals surface area contributed by atoms with Crippen LogP contribution in [0.2, 0.25) is 0 Å². The summed E-state index contributed by atoms with van der Waals surface area (Å²) in [4.78, 5) is 15.1. The van der Waals surface area contributed by atoms with Crippen molar-refractivity contribution >= 4 is 27.2 Å². The molecule has 2 nitrogen and oxygen atoms in total. The monoisotopic (exact) mass is 247 g/mol. The Kier molecular flexibility index (Phi) is 3.60. The summed E-state index contributed by atoms with van der Waals surface area (Å²) in [6.45, 7) is 2.86. The van der Waals surface area contributed by atoms with Crippen molar-refractivity contribution in [3.8, 4) is 0 Å². The maximum Gasteiger partial charge on any atom is 0.174 e. The number of carbonyl (C=O) groups is 1. The molecule has 1 aromatic heterocycles. The molecule has 0 saturated heterocycles. The fourth-order valence-electron chi connectivity index (χ4n) is 1.88. The molecule has 0 aliphatic rings. The molecule has 2 rings (SSSR count). The first kappa shape index (κ1) is 12.3. The molecule has 0 fully saturated rings.